The van der Waals surface area contributed by atoms with Crippen LogP contribution in [-0.4, -0.2) is 11.2 Å². The van der Waals surface area contributed by atoms with E-state index in [9.17, 15) is 18.3 Å². The zero-order valence-electron chi connectivity index (χ0n) is 12.0. The van der Waals surface area contributed by atoms with E-state index in [1.54, 1.807) is 24.3 Å². The van der Waals surface area contributed by atoms with Gasteiger partial charge in [-0.05, 0) is 44.2 Å². The fourth-order valence-electron chi connectivity index (χ4n) is 1.82. The van der Waals surface area contributed by atoms with Crippen LogP contribution < -0.4 is 9.47 Å². The lowest BCUT2D eigenvalue weighted by atomic mass is 10.2. The molecule has 0 atom stereocenters. The van der Waals surface area contributed by atoms with E-state index in [0.717, 1.165) is 12.1 Å². The van der Waals surface area contributed by atoms with Crippen molar-refractivity contribution < 1.29 is 27.8 Å². The maximum atomic E-state index is 12.7. The molecule has 0 fully saturated rings. The van der Waals surface area contributed by atoms with Crippen molar-refractivity contribution in [2.24, 2.45) is 0 Å². The number of phenols is 1. The number of phenolic OH excluding ortho intramolecular Hbond substituents is 1. The summed E-state index contributed by atoms with van der Waals surface area (Å²) in [6.07, 6.45) is -4.67. The van der Waals surface area contributed by atoms with Gasteiger partial charge in [0.1, 0.15) is 28.6 Å². The third kappa shape index (κ3) is 4.07. The van der Waals surface area contributed by atoms with Crippen molar-refractivity contribution in [3.63, 3.8) is 0 Å². The molecule has 2 aromatic carbocycles. The average Bonchev–Trinajstić information content (AvgIpc) is 2.39. The van der Waals surface area contributed by atoms with E-state index in [0.29, 0.717) is 11.5 Å². The molecule has 118 valence electrons. The second-order valence-electron chi connectivity index (χ2n) is 4.92. The Morgan fingerprint density at radius 2 is 1.59 bits per heavy atom. The molecule has 3 nitrogen and oxygen atoms in total. The molecule has 0 aliphatic heterocycles. The summed E-state index contributed by atoms with van der Waals surface area (Å²) in [6, 6.07) is 9.56. The van der Waals surface area contributed by atoms with Crippen molar-refractivity contribution >= 4 is 0 Å². The SMILES string of the molecule is CC(C)Oc1cccc(Oc2ccc(O)c(C(F)(F)F)c2)c1. The Kier molecular flexibility index (Phi) is 4.49. The highest BCUT2D eigenvalue weighted by Gasteiger charge is 2.34. The number of ether oxygens (including phenoxy) is 2. The molecule has 0 bridgehead atoms. The highest BCUT2D eigenvalue weighted by molar-refractivity contribution is 5.43. The van der Waals surface area contributed by atoms with E-state index < -0.39 is 17.5 Å². The molecule has 1 N–H and O–H groups in total. The average molecular weight is 312 g/mol. The summed E-state index contributed by atoms with van der Waals surface area (Å²) in [5.74, 6) is 0.0443. The maximum absolute atomic E-state index is 12.7. The molecule has 0 radical (unpaired) electrons. The number of aromatic hydroxyl groups is 1. The predicted octanol–water partition coefficient (Wildman–Crippen LogP) is 4.99. The highest BCUT2D eigenvalue weighted by Crippen LogP contribution is 2.38. The summed E-state index contributed by atoms with van der Waals surface area (Å²) in [5.41, 5.74) is -1.14. The van der Waals surface area contributed by atoms with E-state index in [2.05, 4.69) is 0 Å². The molecule has 0 saturated heterocycles. The monoisotopic (exact) mass is 312 g/mol. The van der Waals surface area contributed by atoms with E-state index in [-0.39, 0.29) is 11.9 Å². The minimum Gasteiger partial charge on any atom is -0.507 e. The molecular formula is C16H15F3O3. The standard InChI is InChI=1S/C16H15F3O3/c1-10(2)21-11-4-3-5-12(8-11)22-13-6-7-15(20)14(9-13)16(17,18)19/h3-10,20H,1-2H3. The third-order valence-corrected chi connectivity index (χ3v) is 2.69. The summed E-state index contributed by atoms with van der Waals surface area (Å²) < 4.78 is 49.1. The van der Waals surface area contributed by atoms with Crippen molar-refractivity contribution in [2.75, 3.05) is 0 Å². The Hall–Kier alpha value is -2.37. The van der Waals surface area contributed by atoms with Gasteiger partial charge in [0.05, 0.1) is 6.10 Å². The second-order valence-corrected chi connectivity index (χ2v) is 4.92. The molecule has 0 aliphatic rings. The van der Waals surface area contributed by atoms with Crippen LogP contribution in [0.5, 0.6) is 23.0 Å². The molecule has 6 heteroatoms. The lowest BCUT2D eigenvalue weighted by Gasteiger charge is -2.13. The van der Waals surface area contributed by atoms with Crippen molar-refractivity contribution in [1.29, 1.82) is 0 Å². The van der Waals surface area contributed by atoms with Gasteiger partial charge in [-0.1, -0.05) is 6.07 Å². The number of rotatable bonds is 4. The Bertz CT molecular complexity index is 651. The van der Waals surface area contributed by atoms with Gasteiger partial charge in [-0.3, -0.25) is 0 Å². The first kappa shape index (κ1) is 16.0. The van der Waals surface area contributed by atoms with Crippen LogP contribution in [-0.2, 0) is 6.18 Å². The molecule has 0 amide bonds. The summed E-state index contributed by atoms with van der Waals surface area (Å²) in [4.78, 5) is 0. The fourth-order valence-corrected chi connectivity index (χ4v) is 1.82. The Morgan fingerprint density at radius 3 is 2.23 bits per heavy atom. The Balaban J connectivity index is 2.24. The maximum Gasteiger partial charge on any atom is 0.420 e. The molecule has 0 unspecified atom stereocenters. The van der Waals surface area contributed by atoms with Crippen molar-refractivity contribution in [2.45, 2.75) is 26.1 Å². The number of hydrogen-bond acceptors (Lipinski definition) is 3. The second kappa shape index (κ2) is 6.17. The molecule has 0 spiro atoms. The topological polar surface area (TPSA) is 38.7 Å². The molecule has 0 aliphatic carbocycles. The van der Waals surface area contributed by atoms with E-state index >= 15 is 0 Å². The lowest BCUT2D eigenvalue weighted by molar-refractivity contribution is -0.138. The van der Waals surface area contributed by atoms with Gasteiger partial charge in [0.25, 0.3) is 0 Å². The summed E-state index contributed by atoms with van der Waals surface area (Å²) in [5, 5.41) is 9.28. The predicted molar refractivity (Wildman–Crippen MR) is 75.4 cm³/mol. The van der Waals surface area contributed by atoms with Crippen LogP contribution in [0.4, 0.5) is 13.2 Å². The fraction of sp³-hybridized carbons (Fsp3) is 0.250. The summed E-state index contributed by atoms with van der Waals surface area (Å²) in [7, 11) is 0. The minimum atomic E-state index is -4.65. The molecule has 2 aromatic rings. The van der Waals surface area contributed by atoms with Crippen LogP contribution in [0.2, 0.25) is 0 Å². The molecular weight excluding hydrogens is 297 g/mol. The van der Waals surface area contributed by atoms with Crippen LogP contribution >= 0.6 is 0 Å². The van der Waals surface area contributed by atoms with Crippen LogP contribution in [0.1, 0.15) is 19.4 Å². The summed E-state index contributed by atoms with van der Waals surface area (Å²) >= 11 is 0. The number of hydrogen-bond donors (Lipinski definition) is 1. The van der Waals surface area contributed by atoms with Crippen LogP contribution in [0, 0.1) is 0 Å². The van der Waals surface area contributed by atoms with Crippen molar-refractivity contribution in [3.05, 3.63) is 48.0 Å². The first-order valence-electron chi connectivity index (χ1n) is 6.60. The van der Waals surface area contributed by atoms with Crippen LogP contribution in [0.25, 0.3) is 0 Å². The van der Waals surface area contributed by atoms with Crippen molar-refractivity contribution in [3.8, 4) is 23.0 Å². The zero-order valence-corrected chi connectivity index (χ0v) is 12.0. The molecule has 0 aromatic heterocycles. The Labute approximate surface area is 125 Å². The largest absolute Gasteiger partial charge is 0.507 e. The normalized spacial score (nSPS) is 11.5. The van der Waals surface area contributed by atoms with Gasteiger partial charge in [-0.15, -0.1) is 0 Å². The molecule has 22 heavy (non-hydrogen) atoms. The number of halogens is 3. The number of benzene rings is 2. The van der Waals surface area contributed by atoms with Gasteiger partial charge < -0.3 is 14.6 Å². The van der Waals surface area contributed by atoms with Gasteiger partial charge in [0.2, 0.25) is 0 Å². The van der Waals surface area contributed by atoms with Gasteiger partial charge in [0, 0.05) is 6.07 Å². The third-order valence-electron chi connectivity index (χ3n) is 2.69. The van der Waals surface area contributed by atoms with Gasteiger partial charge in [-0.2, -0.15) is 13.2 Å². The van der Waals surface area contributed by atoms with Gasteiger partial charge in [-0.25, -0.2) is 0 Å². The summed E-state index contributed by atoms with van der Waals surface area (Å²) in [6.45, 7) is 3.73. The number of alkyl halides is 3. The smallest absolute Gasteiger partial charge is 0.420 e. The van der Waals surface area contributed by atoms with Crippen molar-refractivity contribution in [1.82, 2.24) is 0 Å². The molecule has 0 heterocycles. The molecule has 0 saturated carbocycles. The zero-order chi connectivity index (χ0) is 16.3. The highest BCUT2D eigenvalue weighted by atomic mass is 19.4. The van der Waals surface area contributed by atoms with Crippen LogP contribution in [0.3, 0.4) is 0 Å². The van der Waals surface area contributed by atoms with Gasteiger partial charge in [0.15, 0.2) is 0 Å². The first-order chi connectivity index (χ1) is 10.3. The first-order valence-corrected chi connectivity index (χ1v) is 6.60. The lowest BCUT2D eigenvalue weighted by Crippen LogP contribution is -2.06. The van der Waals surface area contributed by atoms with E-state index in [1.165, 1.54) is 6.07 Å². The van der Waals surface area contributed by atoms with Crippen LogP contribution in [0.15, 0.2) is 42.5 Å². The van der Waals surface area contributed by atoms with E-state index in [4.69, 9.17) is 9.47 Å². The van der Waals surface area contributed by atoms with E-state index in [1.807, 2.05) is 13.8 Å². The van der Waals surface area contributed by atoms with Gasteiger partial charge >= 0.3 is 6.18 Å². The molecule has 2 rings (SSSR count). The Morgan fingerprint density at radius 1 is 0.955 bits per heavy atom. The quantitative estimate of drug-likeness (QED) is 0.864. The minimum absolute atomic E-state index is 0.0215.